The minimum atomic E-state index is -0.974. The van der Waals surface area contributed by atoms with E-state index in [1.165, 1.54) is 0 Å². The van der Waals surface area contributed by atoms with Crippen LogP contribution in [0.4, 0.5) is 0 Å². The molecular formula is C12H11ClN2O2. The third kappa shape index (κ3) is 2.03. The number of hydrogen-bond donors (Lipinski definition) is 1. The van der Waals surface area contributed by atoms with Gasteiger partial charge in [-0.05, 0) is 31.2 Å². The molecule has 0 radical (unpaired) electrons. The molecule has 2 aromatic rings. The normalized spacial score (nSPS) is 10.5. The van der Waals surface area contributed by atoms with Gasteiger partial charge in [0.1, 0.15) is 11.5 Å². The zero-order valence-corrected chi connectivity index (χ0v) is 10.2. The van der Waals surface area contributed by atoms with Gasteiger partial charge >= 0.3 is 5.97 Å². The molecule has 0 aliphatic heterocycles. The largest absolute Gasteiger partial charge is 0.477 e. The Kier molecular flexibility index (Phi) is 2.90. The number of aryl methyl sites for hydroxylation is 1. The molecule has 0 aliphatic rings. The predicted octanol–water partition coefficient (Wildman–Crippen LogP) is 2.75. The summed E-state index contributed by atoms with van der Waals surface area (Å²) in [6.45, 7) is 1.68. The molecule has 1 aromatic heterocycles. The van der Waals surface area contributed by atoms with Crippen molar-refractivity contribution in [3.63, 3.8) is 0 Å². The van der Waals surface area contributed by atoms with Gasteiger partial charge in [-0.3, -0.25) is 0 Å². The van der Waals surface area contributed by atoms with E-state index in [-0.39, 0.29) is 5.69 Å². The lowest BCUT2D eigenvalue weighted by molar-refractivity contribution is 0.0686. The highest BCUT2D eigenvalue weighted by atomic mass is 35.5. The molecule has 1 aromatic carbocycles. The van der Waals surface area contributed by atoms with E-state index < -0.39 is 5.97 Å². The first-order valence-electron chi connectivity index (χ1n) is 5.03. The lowest BCUT2D eigenvalue weighted by Gasteiger charge is -2.03. The van der Waals surface area contributed by atoms with Gasteiger partial charge in [-0.15, -0.1) is 0 Å². The van der Waals surface area contributed by atoms with Crippen molar-refractivity contribution >= 4 is 17.6 Å². The van der Waals surface area contributed by atoms with Crippen molar-refractivity contribution in [2.75, 3.05) is 0 Å². The number of carboxylic acid groups (broad SMARTS) is 1. The topological polar surface area (TPSA) is 55.1 Å². The van der Waals surface area contributed by atoms with Crippen LogP contribution in [0.5, 0.6) is 0 Å². The number of rotatable bonds is 2. The quantitative estimate of drug-likeness (QED) is 0.892. The van der Waals surface area contributed by atoms with Crippen LogP contribution in [0.15, 0.2) is 24.3 Å². The van der Waals surface area contributed by atoms with Gasteiger partial charge in [0.25, 0.3) is 0 Å². The van der Waals surface area contributed by atoms with Gasteiger partial charge in [0.15, 0.2) is 0 Å². The summed E-state index contributed by atoms with van der Waals surface area (Å²) < 4.78 is 1.57. The molecule has 17 heavy (non-hydrogen) atoms. The third-order valence-corrected chi connectivity index (χ3v) is 2.83. The highest BCUT2D eigenvalue weighted by Crippen LogP contribution is 2.22. The summed E-state index contributed by atoms with van der Waals surface area (Å²) in [7, 11) is 1.69. The van der Waals surface area contributed by atoms with E-state index in [1.807, 2.05) is 12.1 Å². The Morgan fingerprint density at radius 1 is 1.35 bits per heavy atom. The second kappa shape index (κ2) is 4.22. The Balaban J connectivity index is 2.57. The van der Waals surface area contributed by atoms with Gasteiger partial charge in [0.05, 0.1) is 5.69 Å². The van der Waals surface area contributed by atoms with Crippen LogP contribution in [0, 0.1) is 6.92 Å². The minimum Gasteiger partial charge on any atom is -0.477 e. The standard InChI is InChI=1S/C12H11ClN2O2/c1-7-10(12(16)17)15(2)11(14-7)8-3-5-9(13)6-4-8/h3-6H,1-2H3,(H,16,17). The van der Waals surface area contributed by atoms with Crippen LogP contribution >= 0.6 is 11.6 Å². The summed E-state index contributed by atoms with van der Waals surface area (Å²) in [5.74, 6) is -0.353. The zero-order chi connectivity index (χ0) is 12.6. The van der Waals surface area contributed by atoms with E-state index in [1.54, 1.807) is 30.7 Å². The fraction of sp³-hybridized carbons (Fsp3) is 0.167. The maximum atomic E-state index is 11.1. The lowest BCUT2D eigenvalue weighted by atomic mass is 10.2. The van der Waals surface area contributed by atoms with Crippen LogP contribution in [-0.4, -0.2) is 20.6 Å². The number of benzene rings is 1. The van der Waals surface area contributed by atoms with Crippen LogP contribution < -0.4 is 0 Å². The maximum absolute atomic E-state index is 11.1. The van der Waals surface area contributed by atoms with Crippen molar-refractivity contribution in [3.8, 4) is 11.4 Å². The molecule has 2 rings (SSSR count). The summed E-state index contributed by atoms with van der Waals surface area (Å²) in [5.41, 5.74) is 1.55. The van der Waals surface area contributed by atoms with E-state index in [4.69, 9.17) is 16.7 Å². The maximum Gasteiger partial charge on any atom is 0.354 e. The van der Waals surface area contributed by atoms with Crippen molar-refractivity contribution in [2.45, 2.75) is 6.92 Å². The average Bonchev–Trinajstić information content (AvgIpc) is 2.55. The van der Waals surface area contributed by atoms with Gasteiger partial charge in [-0.1, -0.05) is 11.6 Å². The molecule has 4 nitrogen and oxygen atoms in total. The van der Waals surface area contributed by atoms with Crippen LogP contribution in [0.3, 0.4) is 0 Å². The number of aromatic nitrogens is 2. The molecule has 0 unspecified atom stereocenters. The summed E-state index contributed by atoms with van der Waals surface area (Å²) >= 11 is 5.80. The number of nitrogens with zero attached hydrogens (tertiary/aromatic N) is 2. The van der Waals surface area contributed by atoms with Crippen LogP contribution in [0.2, 0.25) is 5.02 Å². The molecule has 1 heterocycles. The SMILES string of the molecule is Cc1nc(-c2ccc(Cl)cc2)n(C)c1C(=O)O. The second-order valence-corrected chi connectivity index (χ2v) is 4.18. The summed E-state index contributed by atoms with van der Waals surface area (Å²) in [6.07, 6.45) is 0. The highest BCUT2D eigenvalue weighted by Gasteiger charge is 2.18. The Morgan fingerprint density at radius 2 is 1.94 bits per heavy atom. The van der Waals surface area contributed by atoms with Gasteiger partial charge in [0, 0.05) is 17.6 Å². The molecule has 0 aliphatic carbocycles. The second-order valence-electron chi connectivity index (χ2n) is 3.74. The molecule has 5 heteroatoms. The Bertz CT molecular complexity index is 573. The highest BCUT2D eigenvalue weighted by molar-refractivity contribution is 6.30. The number of halogens is 1. The number of hydrogen-bond acceptors (Lipinski definition) is 2. The number of aromatic carboxylic acids is 1. The predicted molar refractivity (Wildman–Crippen MR) is 65.4 cm³/mol. The molecule has 0 bridgehead atoms. The Labute approximate surface area is 103 Å². The lowest BCUT2D eigenvalue weighted by Crippen LogP contribution is -2.06. The van der Waals surface area contributed by atoms with Gasteiger partial charge in [-0.25, -0.2) is 9.78 Å². The zero-order valence-electron chi connectivity index (χ0n) is 9.44. The van der Waals surface area contributed by atoms with Crippen molar-refractivity contribution in [3.05, 3.63) is 40.7 Å². The first-order chi connectivity index (χ1) is 8.00. The van der Waals surface area contributed by atoms with Gasteiger partial charge in [0.2, 0.25) is 0 Å². The molecule has 0 spiro atoms. The molecule has 0 atom stereocenters. The number of carboxylic acids is 1. The van der Waals surface area contributed by atoms with Gasteiger partial charge < -0.3 is 9.67 Å². The van der Waals surface area contributed by atoms with Gasteiger partial charge in [-0.2, -0.15) is 0 Å². The van der Waals surface area contributed by atoms with Crippen molar-refractivity contribution in [1.82, 2.24) is 9.55 Å². The van der Waals surface area contributed by atoms with Crippen molar-refractivity contribution in [2.24, 2.45) is 7.05 Å². The molecular weight excluding hydrogens is 240 g/mol. The van der Waals surface area contributed by atoms with E-state index >= 15 is 0 Å². The molecule has 0 amide bonds. The Morgan fingerprint density at radius 3 is 2.41 bits per heavy atom. The van der Waals surface area contributed by atoms with Crippen LogP contribution in [-0.2, 0) is 7.05 Å². The first-order valence-corrected chi connectivity index (χ1v) is 5.41. The summed E-state index contributed by atoms with van der Waals surface area (Å²) in [4.78, 5) is 15.3. The van der Waals surface area contributed by atoms with E-state index in [2.05, 4.69) is 4.98 Å². The van der Waals surface area contributed by atoms with Crippen molar-refractivity contribution in [1.29, 1.82) is 0 Å². The number of imidazole rings is 1. The molecule has 0 saturated heterocycles. The van der Waals surface area contributed by atoms with E-state index in [0.29, 0.717) is 16.5 Å². The fourth-order valence-corrected chi connectivity index (χ4v) is 1.92. The molecule has 88 valence electrons. The average molecular weight is 251 g/mol. The van der Waals surface area contributed by atoms with Crippen molar-refractivity contribution < 1.29 is 9.90 Å². The molecule has 0 fully saturated rings. The van der Waals surface area contributed by atoms with E-state index in [9.17, 15) is 4.79 Å². The third-order valence-electron chi connectivity index (χ3n) is 2.57. The fourth-order valence-electron chi connectivity index (χ4n) is 1.79. The Hall–Kier alpha value is -1.81. The summed E-state index contributed by atoms with van der Waals surface area (Å²) in [5, 5.41) is 9.71. The molecule has 1 N–H and O–H groups in total. The minimum absolute atomic E-state index is 0.204. The van der Waals surface area contributed by atoms with Crippen LogP contribution in [0.25, 0.3) is 11.4 Å². The monoisotopic (exact) mass is 250 g/mol. The van der Waals surface area contributed by atoms with Crippen LogP contribution in [0.1, 0.15) is 16.2 Å². The smallest absolute Gasteiger partial charge is 0.354 e. The van der Waals surface area contributed by atoms with E-state index in [0.717, 1.165) is 5.56 Å². The number of carbonyl (C=O) groups is 1. The summed E-state index contributed by atoms with van der Waals surface area (Å²) in [6, 6.07) is 7.13. The molecule has 0 saturated carbocycles. The first kappa shape index (κ1) is 11.7.